The number of amides is 1. The first-order chi connectivity index (χ1) is 17.5. The number of aromatic nitrogens is 4. The molecule has 5 rings (SSSR count). The molecule has 1 N–H and O–H groups in total. The average Bonchev–Trinajstić information content (AvgIpc) is 3.51. The number of imidazole rings is 1. The summed E-state index contributed by atoms with van der Waals surface area (Å²) >= 11 is 0. The first-order valence-corrected chi connectivity index (χ1v) is 11.8. The number of carbonyl (C=O) groups is 2. The number of fused-ring (bicyclic) bond motifs is 1. The molecule has 0 unspecified atom stereocenters. The fourth-order valence-electron chi connectivity index (χ4n) is 4.11. The molecule has 1 amide bonds. The minimum atomic E-state index is -0.216. The van der Waals surface area contributed by atoms with Crippen LogP contribution < -0.4 is 10.1 Å². The summed E-state index contributed by atoms with van der Waals surface area (Å²) in [6.45, 7) is 3.28. The highest BCUT2D eigenvalue weighted by atomic mass is 16.5. The normalized spacial score (nSPS) is 13.2. The van der Waals surface area contributed by atoms with Crippen molar-refractivity contribution in [2.24, 2.45) is 4.99 Å². The van der Waals surface area contributed by atoms with Gasteiger partial charge in [0.25, 0.3) is 5.91 Å². The van der Waals surface area contributed by atoms with E-state index in [0.717, 1.165) is 34.3 Å². The summed E-state index contributed by atoms with van der Waals surface area (Å²) in [6.07, 6.45) is 7.74. The first-order valence-electron chi connectivity index (χ1n) is 11.8. The molecule has 36 heavy (non-hydrogen) atoms. The standard InChI is InChI=1S/C27H26N6O3/c1-3-18-5-4-6-19(13-18)26(35)31-27-30-24-14-22(36-2)8-10-25(24)33(27)12-11-32-17-20(15-29-32)23-9-7-21(34)16-28-23/h4-10,13-15,17H,3,11-12,16H2,1-2H3,(H,30,31,35). The van der Waals surface area contributed by atoms with Gasteiger partial charge in [-0.3, -0.25) is 24.6 Å². The van der Waals surface area contributed by atoms with Crippen molar-refractivity contribution in [2.45, 2.75) is 26.4 Å². The van der Waals surface area contributed by atoms with Crippen LogP contribution in [0.5, 0.6) is 5.75 Å². The monoisotopic (exact) mass is 482 g/mol. The van der Waals surface area contributed by atoms with Crippen LogP contribution in [0.25, 0.3) is 11.0 Å². The van der Waals surface area contributed by atoms with Crippen LogP contribution >= 0.6 is 0 Å². The second-order valence-electron chi connectivity index (χ2n) is 8.44. The quantitative estimate of drug-likeness (QED) is 0.413. The van der Waals surface area contributed by atoms with Crippen LogP contribution in [0.4, 0.5) is 5.95 Å². The zero-order chi connectivity index (χ0) is 25.1. The Morgan fingerprint density at radius 2 is 2.03 bits per heavy atom. The van der Waals surface area contributed by atoms with Crippen LogP contribution in [-0.2, 0) is 24.3 Å². The van der Waals surface area contributed by atoms with Gasteiger partial charge in [-0.25, -0.2) is 4.98 Å². The SMILES string of the molecule is CCc1cccc(C(=O)Nc2nc3cc(OC)ccc3n2CCn2cc(C3=NCC(=O)C=C3)cn2)c1. The summed E-state index contributed by atoms with van der Waals surface area (Å²) in [7, 11) is 1.61. The second-order valence-corrected chi connectivity index (χ2v) is 8.44. The Morgan fingerprint density at radius 1 is 1.14 bits per heavy atom. The highest BCUT2D eigenvalue weighted by Gasteiger charge is 2.16. The van der Waals surface area contributed by atoms with Gasteiger partial charge in [0.05, 0.1) is 36.6 Å². The van der Waals surface area contributed by atoms with Crippen LogP contribution in [0.2, 0.25) is 0 Å². The molecule has 9 heteroatoms. The molecule has 0 bridgehead atoms. The van der Waals surface area contributed by atoms with Crippen LogP contribution in [0.15, 0.2) is 72.0 Å². The van der Waals surface area contributed by atoms with Gasteiger partial charge >= 0.3 is 0 Å². The summed E-state index contributed by atoms with van der Waals surface area (Å²) < 4.78 is 9.14. The van der Waals surface area contributed by atoms with E-state index in [4.69, 9.17) is 4.74 Å². The van der Waals surface area contributed by atoms with E-state index in [1.807, 2.05) is 51.8 Å². The minimum absolute atomic E-state index is 0.00856. The Kier molecular flexibility index (Phi) is 6.44. The van der Waals surface area contributed by atoms with E-state index < -0.39 is 0 Å². The number of dihydropyridines is 1. The van der Waals surface area contributed by atoms with Crippen molar-refractivity contribution in [3.8, 4) is 5.75 Å². The van der Waals surface area contributed by atoms with Gasteiger partial charge < -0.3 is 9.30 Å². The van der Waals surface area contributed by atoms with Gasteiger partial charge in [-0.15, -0.1) is 0 Å². The van der Waals surface area contributed by atoms with Crippen LogP contribution in [0.3, 0.4) is 0 Å². The highest BCUT2D eigenvalue weighted by Crippen LogP contribution is 2.25. The van der Waals surface area contributed by atoms with Gasteiger partial charge in [0.2, 0.25) is 5.95 Å². The van der Waals surface area contributed by atoms with Gasteiger partial charge in [-0.05, 0) is 48.4 Å². The van der Waals surface area contributed by atoms with Crippen molar-refractivity contribution < 1.29 is 14.3 Å². The number of rotatable bonds is 8. The van der Waals surface area contributed by atoms with E-state index in [1.54, 1.807) is 25.4 Å². The molecule has 0 saturated carbocycles. The molecular weight excluding hydrogens is 456 g/mol. The lowest BCUT2D eigenvalue weighted by Gasteiger charge is -2.11. The van der Waals surface area contributed by atoms with E-state index in [9.17, 15) is 9.59 Å². The molecule has 2 aromatic heterocycles. The van der Waals surface area contributed by atoms with Gasteiger partial charge in [0.1, 0.15) is 12.3 Å². The molecule has 1 aliphatic rings. The number of nitrogens with one attached hydrogen (secondary N) is 1. The summed E-state index contributed by atoms with van der Waals surface area (Å²) in [6, 6.07) is 13.2. The van der Waals surface area contributed by atoms with Crippen LogP contribution in [-0.4, -0.2) is 50.4 Å². The van der Waals surface area contributed by atoms with Crippen molar-refractivity contribution >= 4 is 34.4 Å². The van der Waals surface area contributed by atoms with Gasteiger partial charge in [0, 0.05) is 29.9 Å². The number of aliphatic imine (C=N–C) groups is 1. The molecule has 0 radical (unpaired) electrons. The number of nitrogens with zero attached hydrogens (tertiary/aromatic N) is 5. The zero-order valence-electron chi connectivity index (χ0n) is 20.1. The van der Waals surface area contributed by atoms with E-state index >= 15 is 0 Å². The lowest BCUT2D eigenvalue weighted by Crippen LogP contribution is -2.17. The lowest BCUT2D eigenvalue weighted by molar-refractivity contribution is -0.113. The zero-order valence-corrected chi connectivity index (χ0v) is 20.1. The maximum absolute atomic E-state index is 13.1. The van der Waals surface area contributed by atoms with Gasteiger partial charge in [-0.1, -0.05) is 19.1 Å². The number of allylic oxidation sites excluding steroid dienone is 1. The van der Waals surface area contributed by atoms with Crippen molar-refractivity contribution in [3.05, 3.63) is 83.7 Å². The molecule has 0 aliphatic carbocycles. The summed E-state index contributed by atoms with van der Waals surface area (Å²) in [5, 5.41) is 7.44. The number of carbonyl (C=O) groups excluding carboxylic acids is 2. The molecule has 2 aromatic carbocycles. The topological polar surface area (TPSA) is 103 Å². The lowest BCUT2D eigenvalue weighted by atomic mass is 10.1. The van der Waals surface area contributed by atoms with Gasteiger partial charge in [-0.2, -0.15) is 5.10 Å². The number of ether oxygens (including phenoxy) is 1. The number of aryl methyl sites for hydroxylation is 3. The predicted molar refractivity (Wildman–Crippen MR) is 138 cm³/mol. The van der Waals surface area contributed by atoms with Gasteiger partial charge in [0.15, 0.2) is 5.78 Å². The number of ketones is 1. The van der Waals surface area contributed by atoms with Crippen molar-refractivity contribution in [2.75, 3.05) is 19.0 Å². The fourth-order valence-corrected chi connectivity index (χ4v) is 4.11. The maximum Gasteiger partial charge on any atom is 0.257 e. The summed E-state index contributed by atoms with van der Waals surface area (Å²) in [5.41, 5.74) is 4.86. The molecule has 0 fully saturated rings. The van der Waals surface area contributed by atoms with E-state index in [2.05, 4.69) is 27.3 Å². The number of anilines is 1. The minimum Gasteiger partial charge on any atom is -0.497 e. The molecule has 9 nitrogen and oxygen atoms in total. The molecule has 0 atom stereocenters. The number of hydrogen-bond donors (Lipinski definition) is 1. The van der Waals surface area contributed by atoms with E-state index in [1.165, 1.54) is 6.08 Å². The molecule has 4 aromatic rings. The smallest absolute Gasteiger partial charge is 0.257 e. The third-order valence-electron chi connectivity index (χ3n) is 6.09. The molecule has 1 aliphatic heterocycles. The second kappa shape index (κ2) is 9.99. The van der Waals surface area contributed by atoms with E-state index in [-0.39, 0.29) is 18.2 Å². The maximum atomic E-state index is 13.1. The van der Waals surface area contributed by atoms with Crippen molar-refractivity contribution in [1.29, 1.82) is 0 Å². The predicted octanol–water partition coefficient (Wildman–Crippen LogP) is 3.68. The van der Waals surface area contributed by atoms with Crippen LogP contribution in [0, 0.1) is 0 Å². The third-order valence-corrected chi connectivity index (χ3v) is 6.09. The number of benzene rings is 2. The van der Waals surface area contributed by atoms with Crippen molar-refractivity contribution in [3.63, 3.8) is 0 Å². The Hall–Kier alpha value is -4.53. The number of hydrogen-bond acceptors (Lipinski definition) is 6. The third kappa shape index (κ3) is 4.81. The molecule has 0 saturated heterocycles. The molecule has 3 heterocycles. The Bertz CT molecular complexity index is 1510. The first kappa shape index (κ1) is 23.2. The Morgan fingerprint density at radius 3 is 2.81 bits per heavy atom. The summed E-state index contributed by atoms with van der Waals surface area (Å²) in [4.78, 5) is 33.4. The molecular formula is C27H26N6O3. The Balaban J connectivity index is 1.40. The van der Waals surface area contributed by atoms with Crippen molar-refractivity contribution in [1.82, 2.24) is 19.3 Å². The fraction of sp³-hybridized carbons (Fsp3) is 0.222. The largest absolute Gasteiger partial charge is 0.497 e. The molecule has 0 spiro atoms. The highest BCUT2D eigenvalue weighted by molar-refractivity contribution is 6.14. The molecule has 182 valence electrons. The average molecular weight is 483 g/mol. The van der Waals surface area contributed by atoms with E-state index in [0.29, 0.717) is 30.4 Å². The van der Waals surface area contributed by atoms with Crippen LogP contribution in [0.1, 0.15) is 28.4 Å². The Labute approximate surface area is 208 Å². The summed E-state index contributed by atoms with van der Waals surface area (Å²) in [5.74, 6) is 0.922. The number of methoxy groups -OCH3 is 1.